The van der Waals surface area contributed by atoms with Gasteiger partial charge in [0.1, 0.15) is 12.4 Å². The molecular formula is C19H23N3O3. The van der Waals surface area contributed by atoms with Gasteiger partial charge in [0, 0.05) is 44.1 Å². The fourth-order valence-electron chi connectivity index (χ4n) is 2.90. The molecule has 2 aromatic rings. The molecule has 0 atom stereocenters. The number of benzene rings is 1. The van der Waals surface area contributed by atoms with E-state index in [9.17, 15) is 9.90 Å². The molecular weight excluding hydrogens is 318 g/mol. The van der Waals surface area contributed by atoms with Gasteiger partial charge in [-0.3, -0.25) is 14.7 Å². The standard InChI is InChI=1S/C19H23N3O3/c23-10-8-22(14-15-2-1-7-20-13-15)9-11-25-17-4-5-18-16(12-17)3-6-19(24)21-18/h1-2,4-5,7,12-13,23H,3,6,8-11,14H2,(H,21,24). The van der Waals surface area contributed by atoms with Gasteiger partial charge in [0.2, 0.25) is 5.91 Å². The Hall–Kier alpha value is -2.44. The van der Waals surface area contributed by atoms with Crippen molar-refractivity contribution >= 4 is 11.6 Å². The highest BCUT2D eigenvalue weighted by Crippen LogP contribution is 2.26. The first-order chi connectivity index (χ1) is 12.2. The molecule has 1 aliphatic heterocycles. The number of aliphatic hydroxyl groups excluding tert-OH is 1. The van der Waals surface area contributed by atoms with E-state index < -0.39 is 0 Å². The van der Waals surface area contributed by atoms with Crippen LogP contribution in [0.1, 0.15) is 17.5 Å². The summed E-state index contributed by atoms with van der Waals surface area (Å²) in [6.45, 7) is 2.68. The Morgan fingerprint density at radius 2 is 2.16 bits per heavy atom. The number of fused-ring (bicyclic) bond motifs is 1. The van der Waals surface area contributed by atoms with Crippen molar-refractivity contribution in [2.75, 3.05) is 31.6 Å². The third-order valence-corrected chi connectivity index (χ3v) is 4.19. The molecule has 0 bridgehead atoms. The topological polar surface area (TPSA) is 74.7 Å². The summed E-state index contributed by atoms with van der Waals surface area (Å²) in [7, 11) is 0. The molecule has 0 unspecified atom stereocenters. The van der Waals surface area contributed by atoms with E-state index in [1.165, 1.54) is 0 Å². The molecule has 1 amide bonds. The van der Waals surface area contributed by atoms with E-state index >= 15 is 0 Å². The Morgan fingerprint density at radius 1 is 1.24 bits per heavy atom. The summed E-state index contributed by atoms with van der Waals surface area (Å²) >= 11 is 0. The molecule has 0 spiro atoms. The second-order valence-electron chi connectivity index (χ2n) is 6.08. The number of aromatic nitrogens is 1. The lowest BCUT2D eigenvalue weighted by molar-refractivity contribution is -0.116. The van der Waals surface area contributed by atoms with Crippen molar-refractivity contribution in [3.8, 4) is 5.75 Å². The molecule has 6 heteroatoms. The Morgan fingerprint density at radius 3 is 2.96 bits per heavy atom. The number of nitrogens with zero attached hydrogens (tertiary/aromatic N) is 2. The molecule has 25 heavy (non-hydrogen) atoms. The normalized spacial score (nSPS) is 13.4. The molecule has 0 saturated heterocycles. The predicted molar refractivity (Wildman–Crippen MR) is 95.5 cm³/mol. The molecule has 0 aliphatic carbocycles. The van der Waals surface area contributed by atoms with Gasteiger partial charge in [-0.15, -0.1) is 0 Å². The number of aliphatic hydroxyl groups is 1. The van der Waals surface area contributed by atoms with E-state index in [-0.39, 0.29) is 12.5 Å². The Bertz CT molecular complexity index is 706. The van der Waals surface area contributed by atoms with E-state index in [0.717, 1.165) is 35.5 Å². The van der Waals surface area contributed by atoms with Gasteiger partial charge in [-0.25, -0.2) is 0 Å². The van der Waals surface area contributed by atoms with Crippen molar-refractivity contribution in [2.45, 2.75) is 19.4 Å². The number of aryl methyl sites for hydroxylation is 1. The maximum atomic E-state index is 11.4. The zero-order valence-electron chi connectivity index (χ0n) is 14.1. The smallest absolute Gasteiger partial charge is 0.224 e. The summed E-state index contributed by atoms with van der Waals surface area (Å²) in [6, 6.07) is 9.70. The largest absolute Gasteiger partial charge is 0.492 e. The molecule has 0 radical (unpaired) electrons. The van der Waals surface area contributed by atoms with Crippen molar-refractivity contribution in [3.05, 3.63) is 53.9 Å². The predicted octanol–water partition coefficient (Wildman–Crippen LogP) is 1.84. The molecule has 3 rings (SSSR count). The van der Waals surface area contributed by atoms with Gasteiger partial charge in [-0.2, -0.15) is 0 Å². The molecule has 0 fully saturated rings. The van der Waals surface area contributed by atoms with Crippen LogP contribution >= 0.6 is 0 Å². The molecule has 2 heterocycles. The van der Waals surface area contributed by atoms with Crippen LogP contribution in [-0.2, 0) is 17.8 Å². The number of hydrogen-bond donors (Lipinski definition) is 2. The second-order valence-corrected chi connectivity index (χ2v) is 6.08. The first kappa shape index (κ1) is 17.4. The second kappa shape index (κ2) is 8.60. The van der Waals surface area contributed by atoms with Crippen molar-refractivity contribution in [1.82, 2.24) is 9.88 Å². The van der Waals surface area contributed by atoms with Crippen LogP contribution in [0.2, 0.25) is 0 Å². The van der Waals surface area contributed by atoms with E-state index in [4.69, 9.17) is 4.74 Å². The minimum absolute atomic E-state index is 0.0659. The molecule has 1 aromatic heterocycles. The van der Waals surface area contributed by atoms with Gasteiger partial charge in [-0.05, 0) is 41.8 Å². The highest BCUT2D eigenvalue weighted by Gasteiger charge is 2.15. The molecule has 132 valence electrons. The summed E-state index contributed by atoms with van der Waals surface area (Å²) in [5.74, 6) is 0.872. The highest BCUT2D eigenvalue weighted by atomic mass is 16.5. The summed E-state index contributed by atoms with van der Waals surface area (Å²) in [5.41, 5.74) is 3.10. The first-order valence-corrected chi connectivity index (χ1v) is 8.52. The summed E-state index contributed by atoms with van der Waals surface area (Å²) in [6.07, 6.45) is 4.85. The van der Waals surface area contributed by atoms with E-state index in [1.54, 1.807) is 6.20 Å². The number of amides is 1. The van der Waals surface area contributed by atoms with E-state index in [0.29, 0.717) is 26.1 Å². The van der Waals surface area contributed by atoms with Crippen molar-refractivity contribution in [3.63, 3.8) is 0 Å². The lowest BCUT2D eigenvalue weighted by Crippen LogP contribution is -2.30. The third-order valence-electron chi connectivity index (χ3n) is 4.19. The summed E-state index contributed by atoms with van der Waals surface area (Å²) < 4.78 is 5.86. The first-order valence-electron chi connectivity index (χ1n) is 8.52. The fraction of sp³-hybridized carbons (Fsp3) is 0.368. The minimum atomic E-state index is 0.0659. The van der Waals surface area contributed by atoms with Crippen LogP contribution in [0.15, 0.2) is 42.7 Å². The van der Waals surface area contributed by atoms with Crippen LogP contribution in [0.5, 0.6) is 5.75 Å². The molecule has 0 saturated carbocycles. The highest BCUT2D eigenvalue weighted by molar-refractivity contribution is 5.93. The minimum Gasteiger partial charge on any atom is -0.492 e. The van der Waals surface area contributed by atoms with E-state index in [2.05, 4.69) is 15.2 Å². The lowest BCUT2D eigenvalue weighted by Gasteiger charge is -2.22. The number of carbonyl (C=O) groups excluding carboxylic acids is 1. The van der Waals surface area contributed by atoms with Gasteiger partial charge in [-0.1, -0.05) is 6.07 Å². The monoisotopic (exact) mass is 341 g/mol. The zero-order chi connectivity index (χ0) is 17.5. The Balaban J connectivity index is 1.52. The number of ether oxygens (including phenoxy) is 1. The van der Waals surface area contributed by atoms with E-state index in [1.807, 2.05) is 36.5 Å². The zero-order valence-corrected chi connectivity index (χ0v) is 14.1. The van der Waals surface area contributed by atoms with Gasteiger partial charge in [0.15, 0.2) is 0 Å². The lowest BCUT2D eigenvalue weighted by atomic mass is 10.0. The maximum Gasteiger partial charge on any atom is 0.224 e. The van der Waals surface area contributed by atoms with Crippen LogP contribution in [0, 0.1) is 0 Å². The SMILES string of the molecule is O=C1CCc2cc(OCCN(CCO)Cc3cccnc3)ccc2N1. The third kappa shape index (κ3) is 5.01. The maximum absolute atomic E-state index is 11.4. The molecule has 2 N–H and O–H groups in total. The Kier molecular flexibility index (Phi) is 5.98. The van der Waals surface area contributed by atoms with Crippen LogP contribution in [-0.4, -0.2) is 47.2 Å². The molecule has 1 aliphatic rings. The van der Waals surface area contributed by atoms with Gasteiger partial charge >= 0.3 is 0 Å². The average Bonchev–Trinajstić information content (AvgIpc) is 2.63. The van der Waals surface area contributed by atoms with Crippen molar-refractivity contribution < 1.29 is 14.6 Å². The molecule has 1 aromatic carbocycles. The van der Waals surface area contributed by atoms with Crippen molar-refractivity contribution in [2.24, 2.45) is 0 Å². The Labute approximate surface area is 147 Å². The van der Waals surface area contributed by atoms with Crippen LogP contribution in [0.3, 0.4) is 0 Å². The summed E-state index contributed by atoms with van der Waals surface area (Å²) in [4.78, 5) is 17.7. The van der Waals surface area contributed by atoms with Gasteiger partial charge in [0.25, 0.3) is 0 Å². The van der Waals surface area contributed by atoms with Crippen molar-refractivity contribution in [1.29, 1.82) is 0 Å². The quantitative estimate of drug-likeness (QED) is 0.766. The van der Waals surface area contributed by atoms with Gasteiger partial charge in [0.05, 0.1) is 6.61 Å². The number of rotatable bonds is 8. The van der Waals surface area contributed by atoms with Crippen LogP contribution in [0.25, 0.3) is 0 Å². The number of nitrogens with one attached hydrogen (secondary N) is 1. The number of pyridine rings is 1. The number of carbonyl (C=O) groups is 1. The number of hydrogen-bond acceptors (Lipinski definition) is 5. The molecule has 6 nitrogen and oxygen atoms in total. The van der Waals surface area contributed by atoms with Gasteiger partial charge < -0.3 is 15.2 Å². The summed E-state index contributed by atoms with van der Waals surface area (Å²) in [5, 5.41) is 12.1. The van der Waals surface area contributed by atoms with Crippen LogP contribution < -0.4 is 10.1 Å². The average molecular weight is 341 g/mol. The number of anilines is 1. The fourth-order valence-corrected chi connectivity index (χ4v) is 2.90. The van der Waals surface area contributed by atoms with Crippen LogP contribution in [0.4, 0.5) is 5.69 Å².